The monoisotopic (exact) mass is 604 g/mol. The Morgan fingerprint density at radius 3 is 0.710 bits per heavy atom. The Morgan fingerprint density at radius 2 is 0.516 bits per heavy atom. The van der Waals surface area contributed by atoms with E-state index in [1.165, 1.54) is 165 Å². The Kier molecular flexibility index (Phi) is 31.0. The Labute approximate surface area is 221 Å². The average molecular weight is 606 g/mol. The molecule has 0 aliphatic carbocycles. The predicted molar refractivity (Wildman–Crippen MR) is 158 cm³/mol. The van der Waals surface area contributed by atoms with Crippen molar-refractivity contribution < 1.29 is 0 Å². The summed E-state index contributed by atoms with van der Waals surface area (Å²) in [4.78, 5) is 0. The lowest BCUT2D eigenvalue weighted by Gasteiger charge is -2.04. The maximum Gasteiger partial charge on any atom is 0.237 e. The Balaban J connectivity index is 2.99. The molecule has 0 aliphatic rings. The van der Waals surface area contributed by atoms with Crippen molar-refractivity contribution in [3.8, 4) is 0 Å². The van der Waals surface area contributed by atoms with Crippen LogP contribution in [-0.2, 0) is 0 Å². The summed E-state index contributed by atoms with van der Waals surface area (Å²) in [5.74, 6) is 0. The van der Waals surface area contributed by atoms with Crippen LogP contribution in [0.5, 0.6) is 0 Å². The van der Waals surface area contributed by atoms with Crippen LogP contribution < -0.4 is 0 Å². The van der Waals surface area contributed by atoms with Crippen molar-refractivity contribution in [2.45, 2.75) is 167 Å². The molecule has 0 N–H and O–H groups in total. The van der Waals surface area contributed by atoms with Gasteiger partial charge in [0.25, 0.3) is 0 Å². The van der Waals surface area contributed by atoms with Gasteiger partial charge in [0.1, 0.15) is 0 Å². The van der Waals surface area contributed by atoms with Gasteiger partial charge in [-0.15, -0.1) is 0 Å². The Morgan fingerprint density at radius 1 is 0.323 bits per heavy atom. The van der Waals surface area contributed by atoms with Crippen molar-refractivity contribution >= 4 is 52.2 Å². The minimum Gasteiger partial charge on any atom is -0.150 e. The van der Waals surface area contributed by atoms with Gasteiger partial charge in [0.15, 0.2) is 0 Å². The van der Waals surface area contributed by atoms with Gasteiger partial charge in [-0.05, 0) is 16.9 Å². The van der Waals surface area contributed by atoms with E-state index in [9.17, 15) is 0 Å². The molecule has 0 aromatic rings. The Hall–Kier alpha value is 1.53. The van der Waals surface area contributed by atoms with Crippen molar-refractivity contribution in [3.63, 3.8) is 0 Å². The van der Waals surface area contributed by atoms with Gasteiger partial charge >= 0.3 is 0 Å². The summed E-state index contributed by atoms with van der Waals surface area (Å²) in [5.41, 5.74) is 0. The van der Waals surface area contributed by atoms with E-state index in [0.29, 0.717) is 0 Å². The summed E-state index contributed by atoms with van der Waals surface area (Å²) in [6.07, 6.45) is 36.2. The fourth-order valence-corrected chi connectivity index (χ4v) is 6.52. The first-order valence-corrected chi connectivity index (χ1v) is 19.9. The second kappa shape index (κ2) is 29.6. The molecular formula is C27H55Cl2ISi. The van der Waals surface area contributed by atoms with E-state index in [1.54, 1.807) is 0 Å². The van der Waals surface area contributed by atoms with Crippen LogP contribution in [0.1, 0.15) is 161 Å². The van der Waals surface area contributed by atoms with Gasteiger partial charge in [0.05, 0.1) is 0 Å². The largest absolute Gasteiger partial charge is 0.237 e. The molecule has 188 valence electrons. The van der Waals surface area contributed by atoms with Crippen molar-refractivity contribution in [1.29, 1.82) is 0 Å². The van der Waals surface area contributed by atoms with E-state index >= 15 is 0 Å². The van der Waals surface area contributed by atoms with Crippen LogP contribution in [0.4, 0.5) is 0 Å². The Bertz CT molecular complexity index is 316. The van der Waals surface area contributed by atoms with Crippen molar-refractivity contribution in [2.24, 2.45) is 0 Å². The van der Waals surface area contributed by atoms with Gasteiger partial charge in [0, 0.05) is 0 Å². The molecule has 0 heterocycles. The zero-order chi connectivity index (χ0) is 22.7. The summed E-state index contributed by atoms with van der Waals surface area (Å²) < 4.78 is 1.34. The minimum absolute atomic E-state index is 1.10. The molecule has 0 aromatic carbocycles. The highest BCUT2D eigenvalue weighted by atomic mass is 127. The highest BCUT2D eigenvalue weighted by Gasteiger charge is 2.00. The van der Waals surface area contributed by atoms with Crippen molar-refractivity contribution in [2.75, 3.05) is 4.43 Å². The molecule has 0 saturated carbocycles. The van der Waals surface area contributed by atoms with Gasteiger partial charge in [-0.25, -0.2) is 0 Å². The van der Waals surface area contributed by atoms with Crippen LogP contribution in [0.25, 0.3) is 0 Å². The van der Waals surface area contributed by atoms with Gasteiger partial charge in [-0.1, -0.05) is 177 Å². The van der Waals surface area contributed by atoms with E-state index in [4.69, 9.17) is 22.2 Å². The molecule has 0 fully saturated rings. The fraction of sp³-hybridized carbons (Fsp3) is 1.00. The first kappa shape index (κ1) is 32.5. The van der Waals surface area contributed by atoms with Crippen LogP contribution in [0, 0.1) is 0 Å². The summed E-state index contributed by atoms with van der Waals surface area (Å²) in [5, 5.41) is 0. The third-order valence-electron chi connectivity index (χ3n) is 6.56. The molecule has 0 saturated heterocycles. The molecule has 0 aliphatic heterocycles. The van der Waals surface area contributed by atoms with Gasteiger partial charge in [-0.3, -0.25) is 0 Å². The summed E-state index contributed by atoms with van der Waals surface area (Å²) in [7, 11) is -1.33. The molecule has 0 bridgehead atoms. The maximum absolute atomic E-state index is 5.89. The van der Waals surface area contributed by atoms with Crippen molar-refractivity contribution in [1.82, 2.24) is 0 Å². The number of hydrogen-bond donors (Lipinski definition) is 0. The highest BCUT2D eigenvalue weighted by Crippen LogP contribution is 2.16. The highest BCUT2D eigenvalue weighted by molar-refractivity contribution is 14.1. The number of halogens is 3. The average Bonchev–Trinajstić information content (AvgIpc) is 2.76. The lowest BCUT2D eigenvalue weighted by molar-refractivity contribution is 0.517. The SMILES string of the molecule is Cl[SiH](Cl)CCCCCCCCCCCCCCCCCCCCCCCCCCCI. The molecule has 0 aromatic heterocycles. The molecule has 0 amide bonds. The smallest absolute Gasteiger partial charge is 0.150 e. The number of rotatable bonds is 27. The zero-order valence-electron chi connectivity index (χ0n) is 20.8. The number of hydrogen-bond acceptors (Lipinski definition) is 0. The van der Waals surface area contributed by atoms with E-state index in [-0.39, 0.29) is 0 Å². The second-order valence-corrected chi connectivity index (χ2v) is 16.0. The molecule has 0 spiro atoms. The van der Waals surface area contributed by atoms with Gasteiger partial charge in [0.2, 0.25) is 7.42 Å². The number of unbranched alkanes of at least 4 members (excludes halogenated alkanes) is 24. The lowest BCUT2D eigenvalue weighted by Crippen LogP contribution is -1.91. The molecular weight excluding hydrogens is 550 g/mol. The van der Waals surface area contributed by atoms with Crippen LogP contribution >= 0.6 is 44.7 Å². The van der Waals surface area contributed by atoms with E-state index < -0.39 is 7.42 Å². The lowest BCUT2D eigenvalue weighted by atomic mass is 10.0. The van der Waals surface area contributed by atoms with E-state index in [0.717, 1.165) is 6.04 Å². The molecule has 0 rings (SSSR count). The predicted octanol–water partition coefficient (Wildman–Crippen LogP) is 11.9. The van der Waals surface area contributed by atoms with E-state index in [2.05, 4.69) is 22.6 Å². The van der Waals surface area contributed by atoms with Crippen LogP contribution in [0.3, 0.4) is 0 Å². The quantitative estimate of drug-likeness (QED) is 0.0287. The zero-order valence-corrected chi connectivity index (χ0v) is 25.6. The number of alkyl halides is 1. The molecule has 31 heavy (non-hydrogen) atoms. The summed E-state index contributed by atoms with van der Waals surface area (Å²) >= 11 is 14.3. The van der Waals surface area contributed by atoms with Crippen LogP contribution in [0.15, 0.2) is 0 Å². The fourth-order valence-electron chi connectivity index (χ4n) is 4.46. The maximum atomic E-state index is 5.89. The molecule has 0 unspecified atom stereocenters. The molecule has 4 heteroatoms. The first-order chi connectivity index (χ1) is 15.3. The third-order valence-corrected chi connectivity index (χ3v) is 9.47. The summed E-state index contributed by atoms with van der Waals surface area (Å²) in [6, 6.07) is 1.10. The van der Waals surface area contributed by atoms with Crippen LogP contribution in [0.2, 0.25) is 6.04 Å². The van der Waals surface area contributed by atoms with Gasteiger partial charge < -0.3 is 0 Å². The topological polar surface area (TPSA) is 0 Å². The molecule has 0 radical (unpaired) electrons. The normalized spacial score (nSPS) is 11.6. The van der Waals surface area contributed by atoms with Crippen LogP contribution in [-0.4, -0.2) is 11.8 Å². The molecule has 0 atom stereocenters. The summed E-state index contributed by atoms with van der Waals surface area (Å²) in [6.45, 7) is 0. The standard InChI is InChI=1S/C27H55Cl2ISi/c28-31(29)27-25-23-21-19-17-15-13-11-9-7-5-3-1-2-4-6-8-10-12-14-16-18-20-22-24-26-30/h31H,1-27H2. The van der Waals surface area contributed by atoms with E-state index in [1.807, 2.05) is 0 Å². The van der Waals surface area contributed by atoms with Crippen molar-refractivity contribution in [3.05, 3.63) is 0 Å². The van der Waals surface area contributed by atoms with Gasteiger partial charge in [-0.2, -0.15) is 22.2 Å². The minimum atomic E-state index is -1.33. The third kappa shape index (κ3) is 31.5. The first-order valence-electron chi connectivity index (χ1n) is 14.1. The second-order valence-electron chi connectivity index (χ2n) is 9.71. The molecule has 0 nitrogen and oxygen atoms in total.